The van der Waals surface area contributed by atoms with E-state index in [1.54, 1.807) is 6.07 Å². The molecule has 0 aliphatic heterocycles. The maximum absolute atomic E-state index is 13.7. The minimum absolute atomic E-state index is 0.182. The number of rotatable bonds is 7. The Hall–Kier alpha value is -1.40. The van der Waals surface area contributed by atoms with Gasteiger partial charge in [-0.3, -0.25) is 4.79 Å². The number of halogens is 3. The second-order valence-electron chi connectivity index (χ2n) is 5.97. The molecule has 6 heteroatoms. The second-order valence-corrected chi connectivity index (χ2v) is 7.74. The topological polar surface area (TPSA) is 38.3 Å². The number of nitrogens with one attached hydrogen (secondary N) is 1. The van der Waals surface area contributed by atoms with Crippen LogP contribution in [0.2, 0.25) is 0 Å². The smallest absolute Gasteiger partial charge is 0.224 e. The summed E-state index contributed by atoms with van der Waals surface area (Å²) in [4.78, 5) is 11.9. The Balaban J connectivity index is 1.78. The number of carbonyl (C=O) groups excluding carboxylic acids is 1. The molecule has 0 heterocycles. The molecule has 25 heavy (non-hydrogen) atoms. The van der Waals surface area contributed by atoms with E-state index in [2.05, 4.69) is 51.0 Å². The fourth-order valence-corrected chi connectivity index (χ4v) is 3.06. The lowest BCUT2D eigenvalue weighted by molar-refractivity contribution is -0.116. The van der Waals surface area contributed by atoms with Gasteiger partial charge >= 0.3 is 0 Å². The lowest BCUT2D eigenvalue weighted by atomic mass is 10.0. The number of amides is 1. The molecule has 0 radical (unpaired) electrons. The van der Waals surface area contributed by atoms with Crippen molar-refractivity contribution in [2.75, 3.05) is 11.9 Å². The average Bonchev–Trinajstić information content (AvgIpc) is 2.55. The van der Waals surface area contributed by atoms with Crippen molar-refractivity contribution in [3.05, 3.63) is 56.7 Å². The molecule has 0 spiro atoms. The van der Waals surface area contributed by atoms with Crippen LogP contribution >= 0.6 is 31.9 Å². The normalized spacial score (nSPS) is 10.8. The molecule has 0 saturated heterocycles. The van der Waals surface area contributed by atoms with Crippen molar-refractivity contribution in [2.45, 2.75) is 32.6 Å². The largest absolute Gasteiger partial charge is 0.492 e. The van der Waals surface area contributed by atoms with E-state index < -0.39 is 5.82 Å². The molecule has 3 nitrogen and oxygen atoms in total. The molecule has 2 aromatic rings. The van der Waals surface area contributed by atoms with E-state index in [0.29, 0.717) is 23.4 Å². The number of hydrogen-bond donors (Lipinski definition) is 1. The van der Waals surface area contributed by atoms with Gasteiger partial charge in [-0.25, -0.2) is 4.39 Å². The highest BCUT2D eigenvalue weighted by molar-refractivity contribution is 9.10. The number of ether oxygens (including phenoxy) is 1. The maximum atomic E-state index is 13.7. The molecular weight excluding hydrogens is 453 g/mol. The lowest BCUT2D eigenvalue weighted by Crippen LogP contribution is -2.13. The highest BCUT2D eigenvalue weighted by Gasteiger charge is 2.09. The Morgan fingerprint density at radius 1 is 1.20 bits per heavy atom. The van der Waals surface area contributed by atoms with Crippen LogP contribution in [0.1, 0.15) is 38.2 Å². The fraction of sp³-hybridized carbons (Fsp3) is 0.316. The SMILES string of the molecule is CC(C)c1ccc(OCCCC(=O)Nc2ccc(Br)cc2F)c(Br)c1. The average molecular weight is 473 g/mol. The quantitative estimate of drug-likeness (QED) is 0.482. The van der Waals surface area contributed by atoms with Gasteiger partial charge in [0, 0.05) is 10.9 Å². The Morgan fingerprint density at radius 3 is 2.60 bits per heavy atom. The fourth-order valence-electron chi connectivity index (χ4n) is 2.21. The first-order chi connectivity index (χ1) is 11.9. The van der Waals surface area contributed by atoms with Crippen LogP contribution in [0.15, 0.2) is 45.3 Å². The van der Waals surface area contributed by atoms with Gasteiger partial charge in [-0.1, -0.05) is 35.8 Å². The first kappa shape index (κ1) is 19.9. The van der Waals surface area contributed by atoms with Crippen molar-refractivity contribution in [1.29, 1.82) is 0 Å². The molecule has 0 atom stereocenters. The molecule has 0 unspecified atom stereocenters. The summed E-state index contributed by atoms with van der Waals surface area (Å²) in [7, 11) is 0. The summed E-state index contributed by atoms with van der Waals surface area (Å²) in [6.07, 6.45) is 0.805. The molecule has 0 bridgehead atoms. The van der Waals surface area contributed by atoms with E-state index in [0.717, 1.165) is 10.2 Å². The predicted molar refractivity (Wildman–Crippen MR) is 106 cm³/mol. The van der Waals surface area contributed by atoms with Gasteiger partial charge in [0.2, 0.25) is 5.91 Å². The minimum Gasteiger partial charge on any atom is -0.492 e. The molecule has 0 saturated carbocycles. The van der Waals surface area contributed by atoms with Gasteiger partial charge in [0.15, 0.2) is 0 Å². The Morgan fingerprint density at radius 2 is 1.96 bits per heavy atom. The summed E-state index contributed by atoms with van der Waals surface area (Å²) in [5.74, 6) is 0.504. The molecule has 0 aliphatic rings. The first-order valence-electron chi connectivity index (χ1n) is 8.04. The highest BCUT2D eigenvalue weighted by Crippen LogP contribution is 2.29. The third-order valence-electron chi connectivity index (χ3n) is 3.63. The zero-order chi connectivity index (χ0) is 18.4. The molecule has 2 aromatic carbocycles. The maximum Gasteiger partial charge on any atom is 0.224 e. The minimum atomic E-state index is -0.465. The molecule has 0 aliphatic carbocycles. The van der Waals surface area contributed by atoms with Crippen LogP contribution in [0.3, 0.4) is 0 Å². The Bertz CT molecular complexity index is 750. The van der Waals surface area contributed by atoms with Crippen molar-refractivity contribution in [1.82, 2.24) is 0 Å². The highest BCUT2D eigenvalue weighted by atomic mass is 79.9. The first-order valence-corrected chi connectivity index (χ1v) is 9.62. The summed E-state index contributed by atoms with van der Waals surface area (Å²) in [6, 6.07) is 10.5. The van der Waals surface area contributed by atoms with Crippen LogP contribution in [-0.2, 0) is 4.79 Å². The van der Waals surface area contributed by atoms with Crippen molar-refractivity contribution < 1.29 is 13.9 Å². The van der Waals surface area contributed by atoms with Crippen molar-refractivity contribution in [3.63, 3.8) is 0 Å². The molecule has 1 amide bonds. The third-order valence-corrected chi connectivity index (χ3v) is 4.75. The van der Waals surface area contributed by atoms with Crippen LogP contribution < -0.4 is 10.1 Å². The van der Waals surface area contributed by atoms with Gasteiger partial charge in [-0.05, 0) is 64.2 Å². The second kappa shape index (κ2) is 9.34. The summed E-state index contributed by atoms with van der Waals surface area (Å²) in [5.41, 5.74) is 1.41. The van der Waals surface area contributed by atoms with E-state index in [1.165, 1.54) is 17.7 Å². The van der Waals surface area contributed by atoms with Gasteiger partial charge in [0.1, 0.15) is 11.6 Å². The molecule has 0 fully saturated rings. The third kappa shape index (κ3) is 6.12. The van der Waals surface area contributed by atoms with E-state index in [-0.39, 0.29) is 18.0 Å². The lowest BCUT2D eigenvalue weighted by Gasteiger charge is -2.11. The van der Waals surface area contributed by atoms with Crippen LogP contribution in [0.5, 0.6) is 5.75 Å². The Kier molecular flexibility index (Phi) is 7.44. The van der Waals surface area contributed by atoms with E-state index in [4.69, 9.17) is 4.74 Å². The number of anilines is 1. The zero-order valence-corrected chi connectivity index (χ0v) is 17.3. The molecule has 134 valence electrons. The van der Waals surface area contributed by atoms with Gasteiger partial charge in [-0.2, -0.15) is 0 Å². The summed E-state index contributed by atoms with van der Waals surface area (Å²) in [6.45, 7) is 4.68. The molecule has 0 aromatic heterocycles. The van der Waals surface area contributed by atoms with Crippen LogP contribution in [0.4, 0.5) is 10.1 Å². The number of hydrogen-bond acceptors (Lipinski definition) is 2. The van der Waals surface area contributed by atoms with Crippen LogP contribution in [0.25, 0.3) is 0 Å². The Labute approximate surface area is 164 Å². The summed E-state index contributed by atoms with van der Waals surface area (Å²) >= 11 is 6.69. The summed E-state index contributed by atoms with van der Waals surface area (Å²) in [5, 5.41) is 2.57. The van der Waals surface area contributed by atoms with E-state index in [9.17, 15) is 9.18 Å². The molecule has 1 N–H and O–H groups in total. The molecule has 2 rings (SSSR count). The van der Waals surface area contributed by atoms with Crippen molar-refractivity contribution in [2.24, 2.45) is 0 Å². The van der Waals surface area contributed by atoms with E-state index >= 15 is 0 Å². The standard InChI is InChI=1S/C19H20Br2FNO2/c1-12(2)13-5-8-18(15(21)10-13)25-9-3-4-19(24)23-17-7-6-14(20)11-16(17)22/h5-8,10-12H,3-4,9H2,1-2H3,(H,23,24). The van der Waals surface area contributed by atoms with Gasteiger partial charge in [-0.15, -0.1) is 0 Å². The van der Waals surface area contributed by atoms with Crippen molar-refractivity contribution >= 4 is 43.5 Å². The van der Waals surface area contributed by atoms with Crippen LogP contribution in [0, 0.1) is 5.82 Å². The van der Waals surface area contributed by atoms with Crippen LogP contribution in [-0.4, -0.2) is 12.5 Å². The van der Waals surface area contributed by atoms with E-state index in [1.807, 2.05) is 18.2 Å². The monoisotopic (exact) mass is 471 g/mol. The predicted octanol–water partition coefficient (Wildman–Crippen LogP) is 6.27. The summed E-state index contributed by atoms with van der Waals surface area (Å²) < 4.78 is 20.9. The number of carbonyl (C=O) groups is 1. The van der Waals surface area contributed by atoms with Gasteiger partial charge in [0.25, 0.3) is 0 Å². The number of benzene rings is 2. The van der Waals surface area contributed by atoms with Crippen molar-refractivity contribution in [3.8, 4) is 5.75 Å². The van der Waals surface area contributed by atoms with Gasteiger partial charge < -0.3 is 10.1 Å². The molecular formula is C19H20Br2FNO2. The van der Waals surface area contributed by atoms with Gasteiger partial charge in [0.05, 0.1) is 16.8 Å². The zero-order valence-electron chi connectivity index (χ0n) is 14.1.